The highest BCUT2D eigenvalue weighted by molar-refractivity contribution is 6.06. The number of hydrogen-bond donors (Lipinski definition) is 1. The van der Waals surface area contributed by atoms with Gasteiger partial charge in [-0.2, -0.15) is 5.10 Å². The van der Waals surface area contributed by atoms with Crippen LogP contribution in [-0.2, 0) is 0 Å². The van der Waals surface area contributed by atoms with E-state index >= 15 is 0 Å². The number of rotatable bonds is 3. The quantitative estimate of drug-likeness (QED) is 0.802. The maximum atomic E-state index is 13.7. The Bertz CT molecular complexity index is 885. The number of halogens is 1. The smallest absolute Gasteiger partial charge is 0.257 e. The summed E-state index contributed by atoms with van der Waals surface area (Å²) in [5.74, 6) is -0.862. The highest BCUT2D eigenvalue weighted by atomic mass is 19.1. The van der Waals surface area contributed by atoms with Gasteiger partial charge >= 0.3 is 0 Å². The molecule has 0 spiro atoms. The first-order valence-corrected chi connectivity index (χ1v) is 7.38. The molecule has 2 aromatic heterocycles. The molecular formula is C17H17FN4O. The molecule has 0 aliphatic heterocycles. The minimum atomic E-state index is -0.472. The Hall–Kier alpha value is -2.76. The molecule has 0 radical (unpaired) electrons. The average Bonchev–Trinajstić information content (AvgIpc) is 2.91. The van der Waals surface area contributed by atoms with Crippen LogP contribution in [0.1, 0.15) is 35.9 Å². The van der Waals surface area contributed by atoms with Gasteiger partial charge in [0.05, 0.1) is 23.1 Å². The number of para-hydroxylation sites is 1. The lowest BCUT2D eigenvalue weighted by molar-refractivity contribution is 0.102. The van der Waals surface area contributed by atoms with Crippen molar-refractivity contribution in [2.75, 3.05) is 5.32 Å². The van der Waals surface area contributed by atoms with Gasteiger partial charge in [-0.1, -0.05) is 12.1 Å². The maximum absolute atomic E-state index is 13.7. The summed E-state index contributed by atoms with van der Waals surface area (Å²) < 4.78 is 15.5. The lowest BCUT2D eigenvalue weighted by Crippen LogP contribution is -2.15. The summed E-state index contributed by atoms with van der Waals surface area (Å²) >= 11 is 0. The number of carbonyl (C=O) groups excluding carboxylic acids is 1. The number of carbonyl (C=O) groups is 1. The van der Waals surface area contributed by atoms with E-state index in [9.17, 15) is 9.18 Å². The fourth-order valence-corrected chi connectivity index (χ4v) is 2.43. The van der Waals surface area contributed by atoms with Crippen LogP contribution < -0.4 is 5.32 Å². The SMILES string of the molecule is Cc1nc2c(cnn2C(C)C)cc1C(=O)Nc1ccccc1F. The Morgan fingerprint density at radius 1 is 1.30 bits per heavy atom. The van der Waals surface area contributed by atoms with Gasteiger partial charge in [-0.25, -0.2) is 14.1 Å². The fourth-order valence-electron chi connectivity index (χ4n) is 2.43. The van der Waals surface area contributed by atoms with Crippen molar-refractivity contribution in [1.82, 2.24) is 14.8 Å². The van der Waals surface area contributed by atoms with Gasteiger partial charge in [0.2, 0.25) is 0 Å². The lowest BCUT2D eigenvalue weighted by Gasteiger charge is -2.10. The van der Waals surface area contributed by atoms with Gasteiger partial charge < -0.3 is 5.32 Å². The van der Waals surface area contributed by atoms with Gasteiger partial charge in [-0.3, -0.25) is 4.79 Å². The first-order chi connectivity index (χ1) is 11.0. The Morgan fingerprint density at radius 2 is 2.04 bits per heavy atom. The number of aromatic nitrogens is 3. The van der Waals surface area contributed by atoms with Gasteiger partial charge in [0.25, 0.3) is 5.91 Å². The molecule has 1 aromatic carbocycles. The van der Waals surface area contributed by atoms with Crippen LogP contribution in [0.15, 0.2) is 36.5 Å². The summed E-state index contributed by atoms with van der Waals surface area (Å²) in [4.78, 5) is 16.9. The number of nitrogens with one attached hydrogen (secondary N) is 1. The molecule has 0 atom stereocenters. The summed E-state index contributed by atoms with van der Waals surface area (Å²) in [6.45, 7) is 5.79. The van der Waals surface area contributed by atoms with Crippen molar-refractivity contribution in [3.63, 3.8) is 0 Å². The summed E-state index contributed by atoms with van der Waals surface area (Å²) in [7, 11) is 0. The Balaban J connectivity index is 1.98. The highest BCUT2D eigenvalue weighted by Crippen LogP contribution is 2.21. The van der Waals surface area contributed by atoms with Crippen LogP contribution in [0.5, 0.6) is 0 Å². The van der Waals surface area contributed by atoms with Crippen molar-refractivity contribution in [1.29, 1.82) is 0 Å². The third-order valence-corrected chi connectivity index (χ3v) is 3.62. The third-order valence-electron chi connectivity index (χ3n) is 3.62. The van der Waals surface area contributed by atoms with Crippen molar-refractivity contribution in [3.8, 4) is 0 Å². The molecule has 0 aliphatic carbocycles. The van der Waals surface area contributed by atoms with Gasteiger partial charge in [0.1, 0.15) is 5.82 Å². The molecule has 3 aromatic rings. The van der Waals surface area contributed by atoms with Crippen LogP contribution in [-0.4, -0.2) is 20.7 Å². The summed E-state index contributed by atoms with van der Waals surface area (Å²) in [5, 5.41) is 7.66. The van der Waals surface area contributed by atoms with Crippen molar-refractivity contribution < 1.29 is 9.18 Å². The first-order valence-electron chi connectivity index (χ1n) is 7.38. The van der Waals surface area contributed by atoms with E-state index in [1.54, 1.807) is 36.0 Å². The third kappa shape index (κ3) is 2.79. The molecular weight excluding hydrogens is 295 g/mol. The minimum Gasteiger partial charge on any atom is -0.319 e. The molecule has 0 fully saturated rings. The number of anilines is 1. The first kappa shape index (κ1) is 15.1. The highest BCUT2D eigenvalue weighted by Gasteiger charge is 2.16. The molecule has 0 saturated heterocycles. The number of fused-ring (bicyclic) bond motifs is 1. The second kappa shape index (κ2) is 5.79. The van der Waals surface area contributed by atoms with Gasteiger partial charge in [-0.05, 0) is 39.0 Å². The van der Waals surface area contributed by atoms with Crippen LogP contribution in [0.4, 0.5) is 10.1 Å². The van der Waals surface area contributed by atoms with E-state index in [2.05, 4.69) is 15.4 Å². The van der Waals surface area contributed by atoms with Crippen molar-refractivity contribution in [2.45, 2.75) is 26.8 Å². The predicted octanol–water partition coefficient (Wildman–Crippen LogP) is 3.71. The zero-order valence-electron chi connectivity index (χ0n) is 13.2. The van der Waals surface area contributed by atoms with E-state index in [0.29, 0.717) is 11.3 Å². The number of aryl methyl sites for hydroxylation is 1. The second-order valence-corrected chi connectivity index (χ2v) is 5.65. The van der Waals surface area contributed by atoms with Gasteiger partial charge in [-0.15, -0.1) is 0 Å². The number of amides is 1. The summed E-state index contributed by atoms with van der Waals surface area (Å²) in [6, 6.07) is 7.98. The molecule has 1 amide bonds. The molecule has 0 aliphatic rings. The van der Waals surface area contributed by atoms with Gasteiger partial charge in [0, 0.05) is 11.4 Å². The Labute approximate surface area is 133 Å². The molecule has 118 valence electrons. The normalized spacial score (nSPS) is 11.2. The second-order valence-electron chi connectivity index (χ2n) is 5.65. The minimum absolute atomic E-state index is 0.148. The van der Waals surface area contributed by atoms with Gasteiger partial charge in [0.15, 0.2) is 5.65 Å². The summed E-state index contributed by atoms with van der Waals surface area (Å²) in [5.41, 5.74) is 1.87. The molecule has 23 heavy (non-hydrogen) atoms. The maximum Gasteiger partial charge on any atom is 0.257 e. The molecule has 0 saturated carbocycles. The topological polar surface area (TPSA) is 59.8 Å². The Morgan fingerprint density at radius 3 is 2.74 bits per heavy atom. The van der Waals surface area contributed by atoms with Crippen molar-refractivity contribution in [3.05, 3.63) is 53.6 Å². The van der Waals surface area contributed by atoms with Crippen molar-refractivity contribution in [2.24, 2.45) is 0 Å². The van der Waals surface area contributed by atoms with E-state index in [1.807, 2.05) is 13.8 Å². The van der Waals surface area contributed by atoms with Crippen LogP contribution in [0.2, 0.25) is 0 Å². The van der Waals surface area contributed by atoms with E-state index in [-0.39, 0.29) is 17.6 Å². The van der Waals surface area contributed by atoms with E-state index in [1.165, 1.54) is 12.1 Å². The number of hydrogen-bond acceptors (Lipinski definition) is 3. The lowest BCUT2D eigenvalue weighted by atomic mass is 10.1. The van der Waals surface area contributed by atoms with E-state index in [0.717, 1.165) is 11.0 Å². The molecule has 0 bridgehead atoms. The molecule has 2 heterocycles. The fraction of sp³-hybridized carbons (Fsp3) is 0.235. The average molecular weight is 312 g/mol. The van der Waals surface area contributed by atoms with E-state index in [4.69, 9.17) is 0 Å². The number of pyridine rings is 1. The summed E-state index contributed by atoms with van der Waals surface area (Å²) in [6.07, 6.45) is 1.68. The van der Waals surface area contributed by atoms with Crippen LogP contribution in [0, 0.1) is 12.7 Å². The van der Waals surface area contributed by atoms with Crippen LogP contribution in [0.25, 0.3) is 11.0 Å². The zero-order chi connectivity index (χ0) is 16.6. The predicted molar refractivity (Wildman–Crippen MR) is 87.0 cm³/mol. The monoisotopic (exact) mass is 312 g/mol. The van der Waals surface area contributed by atoms with Crippen LogP contribution >= 0.6 is 0 Å². The van der Waals surface area contributed by atoms with Crippen molar-refractivity contribution >= 4 is 22.6 Å². The Kier molecular flexibility index (Phi) is 3.82. The zero-order valence-corrected chi connectivity index (χ0v) is 13.2. The molecule has 6 heteroatoms. The largest absolute Gasteiger partial charge is 0.319 e. The standard InChI is InChI=1S/C17H17FN4O/c1-10(2)22-16-12(9-19-22)8-13(11(3)20-16)17(23)21-15-7-5-4-6-14(15)18/h4-10H,1-3H3,(H,21,23). The molecule has 5 nitrogen and oxygen atoms in total. The van der Waals surface area contributed by atoms with E-state index < -0.39 is 5.82 Å². The molecule has 1 N–H and O–H groups in total. The number of nitrogens with zero attached hydrogens (tertiary/aromatic N) is 3. The molecule has 3 rings (SSSR count). The van der Waals surface area contributed by atoms with Crippen LogP contribution in [0.3, 0.4) is 0 Å². The number of benzene rings is 1. The molecule has 0 unspecified atom stereocenters.